The maximum absolute atomic E-state index is 11.4. The number of nitrogens with one attached hydrogen (secondary N) is 1. The molecule has 4 nitrogen and oxygen atoms in total. The fraction of sp³-hybridized carbons (Fsp3) is 0.846. The number of hydrogen-bond acceptors (Lipinski definition) is 2. The highest BCUT2D eigenvalue weighted by Gasteiger charge is 2.19. The Hall–Kier alpha value is -1.06. The van der Waals surface area contributed by atoms with Crippen LogP contribution in [0.1, 0.15) is 52.9 Å². The van der Waals surface area contributed by atoms with Crippen LogP contribution in [0.3, 0.4) is 0 Å². The van der Waals surface area contributed by atoms with Crippen LogP contribution < -0.4 is 5.32 Å². The summed E-state index contributed by atoms with van der Waals surface area (Å²) in [6, 6.07) is 0. The van der Waals surface area contributed by atoms with Gasteiger partial charge in [0, 0.05) is 13.0 Å². The van der Waals surface area contributed by atoms with Crippen LogP contribution in [0.2, 0.25) is 0 Å². The smallest absolute Gasteiger partial charge is 0.308 e. The molecule has 0 heterocycles. The highest BCUT2D eigenvalue weighted by Crippen LogP contribution is 2.11. The molecule has 0 bridgehead atoms. The van der Waals surface area contributed by atoms with Gasteiger partial charge >= 0.3 is 5.97 Å². The molecule has 0 aromatic carbocycles. The molecule has 0 aromatic heterocycles. The van der Waals surface area contributed by atoms with Gasteiger partial charge in [-0.25, -0.2) is 0 Å². The standard InChI is InChI=1S/C13H25NO3/c1-4-5-6-7-12(15)14-9-11(13(16)17)8-10(2)3/h10-11H,4-9H2,1-3H3,(H,14,15)(H,16,17). The van der Waals surface area contributed by atoms with E-state index in [1.165, 1.54) is 0 Å². The fourth-order valence-electron chi connectivity index (χ4n) is 1.70. The van der Waals surface area contributed by atoms with Crippen molar-refractivity contribution in [2.45, 2.75) is 52.9 Å². The van der Waals surface area contributed by atoms with Crippen molar-refractivity contribution in [3.8, 4) is 0 Å². The quantitative estimate of drug-likeness (QED) is 0.611. The molecule has 0 saturated carbocycles. The first-order chi connectivity index (χ1) is 7.97. The van der Waals surface area contributed by atoms with Gasteiger partial charge in [0.25, 0.3) is 0 Å². The highest BCUT2D eigenvalue weighted by atomic mass is 16.4. The van der Waals surface area contributed by atoms with E-state index in [9.17, 15) is 9.59 Å². The van der Waals surface area contributed by atoms with Gasteiger partial charge in [0.15, 0.2) is 0 Å². The first-order valence-electron chi connectivity index (χ1n) is 6.46. The van der Waals surface area contributed by atoms with Crippen LogP contribution in [0.5, 0.6) is 0 Å². The lowest BCUT2D eigenvalue weighted by atomic mass is 9.97. The number of aliphatic carboxylic acids is 1. The number of carboxylic acid groups (broad SMARTS) is 1. The van der Waals surface area contributed by atoms with E-state index in [0.717, 1.165) is 19.3 Å². The average molecular weight is 243 g/mol. The molecule has 0 rings (SSSR count). The molecule has 0 saturated heterocycles. The molecule has 0 fully saturated rings. The zero-order chi connectivity index (χ0) is 13.3. The molecule has 0 radical (unpaired) electrons. The van der Waals surface area contributed by atoms with Crippen molar-refractivity contribution in [1.29, 1.82) is 0 Å². The summed E-state index contributed by atoms with van der Waals surface area (Å²) in [5, 5.41) is 11.7. The first kappa shape index (κ1) is 15.9. The Kier molecular flexibility index (Phi) is 8.46. The van der Waals surface area contributed by atoms with Gasteiger partial charge < -0.3 is 10.4 Å². The van der Waals surface area contributed by atoms with Crippen molar-refractivity contribution in [2.24, 2.45) is 11.8 Å². The van der Waals surface area contributed by atoms with Gasteiger partial charge in [-0.3, -0.25) is 9.59 Å². The zero-order valence-corrected chi connectivity index (χ0v) is 11.2. The van der Waals surface area contributed by atoms with Crippen molar-refractivity contribution < 1.29 is 14.7 Å². The number of carbonyl (C=O) groups excluding carboxylic acids is 1. The third-order valence-electron chi connectivity index (χ3n) is 2.66. The summed E-state index contributed by atoms with van der Waals surface area (Å²) in [6.45, 7) is 6.30. The van der Waals surface area contributed by atoms with Crippen LogP contribution in [-0.4, -0.2) is 23.5 Å². The van der Waals surface area contributed by atoms with Gasteiger partial charge in [0.05, 0.1) is 5.92 Å². The normalized spacial score (nSPS) is 12.5. The van der Waals surface area contributed by atoms with E-state index in [1.54, 1.807) is 0 Å². The molecule has 2 N–H and O–H groups in total. The van der Waals surface area contributed by atoms with Crippen LogP contribution >= 0.6 is 0 Å². The lowest BCUT2D eigenvalue weighted by Crippen LogP contribution is -2.33. The molecule has 1 atom stereocenters. The highest BCUT2D eigenvalue weighted by molar-refractivity contribution is 5.77. The Morgan fingerprint density at radius 1 is 1.24 bits per heavy atom. The second-order valence-electron chi connectivity index (χ2n) is 4.93. The van der Waals surface area contributed by atoms with Crippen molar-refractivity contribution in [3.05, 3.63) is 0 Å². The Balaban J connectivity index is 3.87. The summed E-state index contributed by atoms with van der Waals surface area (Å²) in [7, 11) is 0. The Labute approximate surface area is 104 Å². The Bertz CT molecular complexity index is 239. The molecule has 0 aliphatic carbocycles. The zero-order valence-electron chi connectivity index (χ0n) is 11.2. The Morgan fingerprint density at radius 2 is 1.88 bits per heavy atom. The molecule has 1 amide bonds. The van der Waals surface area contributed by atoms with Crippen LogP contribution in [0.15, 0.2) is 0 Å². The van der Waals surface area contributed by atoms with Gasteiger partial charge in [-0.15, -0.1) is 0 Å². The first-order valence-corrected chi connectivity index (χ1v) is 6.46. The van der Waals surface area contributed by atoms with E-state index >= 15 is 0 Å². The summed E-state index contributed by atoms with van der Waals surface area (Å²) in [5.74, 6) is -1.00. The van der Waals surface area contributed by atoms with Crippen LogP contribution in [-0.2, 0) is 9.59 Å². The molecule has 1 unspecified atom stereocenters. The van der Waals surface area contributed by atoms with Crippen LogP contribution in [0.4, 0.5) is 0 Å². The molecular formula is C13H25NO3. The summed E-state index contributed by atoms with van der Waals surface area (Å²) < 4.78 is 0. The maximum Gasteiger partial charge on any atom is 0.308 e. The van der Waals surface area contributed by atoms with E-state index < -0.39 is 11.9 Å². The van der Waals surface area contributed by atoms with Gasteiger partial charge in [-0.2, -0.15) is 0 Å². The number of carbonyl (C=O) groups is 2. The number of unbranched alkanes of at least 4 members (excludes halogenated alkanes) is 2. The largest absolute Gasteiger partial charge is 0.481 e. The summed E-state index contributed by atoms with van der Waals surface area (Å²) in [5.41, 5.74) is 0. The van der Waals surface area contributed by atoms with Crippen molar-refractivity contribution in [3.63, 3.8) is 0 Å². The number of carboxylic acids is 1. The van der Waals surface area contributed by atoms with Crippen LogP contribution in [0.25, 0.3) is 0 Å². The van der Waals surface area contributed by atoms with Crippen molar-refractivity contribution >= 4 is 11.9 Å². The van der Waals surface area contributed by atoms with E-state index in [0.29, 0.717) is 18.8 Å². The molecule has 0 aliphatic rings. The molecule has 0 aromatic rings. The second-order valence-corrected chi connectivity index (χ2v) is 4.93. The fourth-order valence-corrected chi connectivity index (χ4v) is 1.70. The summed E-state index contributed by atoms with van der Waals surface area (Å²) >= 11 is 0. The minimum absolute atomic E-state index is 0.0338. The molecule has 0 aliphatic heterocycles. The van der Waals surface area contributed by atoms with Gasteiger partial charge in [-0.05, 0) is 18.8 Å². The summed E-state index contributed by atoms with van der Waals surface area (Å²) in [4.78, 5) is 22.4. The SMILES string of the molecule is CCCCCC(=O)NCC(CC(C)C)C(=O)O. The molecule has 4 heteroatoms. The second kappa shape index (κ2) is 9.02. The van der Waals surface area contributed by atoms with E-state index in [1.807, 2.05) is 13.8 Å². The Morgan fingerprint density at radius 3 is 2.35 bits per heavy atom. The van der Waals surface area contributed by atoms with Crippen molar-refractivity contribution in [1.82, 2.24) is 5.32 Å². The minimum atomic E-state index is -0.826. The van der Waals surface area contributed by atoms with Gasteiger partial charge in [0.1, 0.15) is 0 Å². The molecule has 17 heavy (non-hydrogen) atoms. The third kappa shape index (κ3) is 8.72. The van der Waals surface area contributed by atoms with E-state index in [-0.39, 0.29) is 12.5 Å². The van der Waals surface area contributed by atoms with E-state index in [4.69, 9.17) is 5.11 Å². The number of rotatable bonds is 9. The maximum atomic E-state index is 11.4. The molecular weight excluding hydrogens is 218 g/mol. The summed E-state index contributed by atoms with van der Waals surface area (Å²) in [6.07, 6.45) is 4.11. The third-order valence-corrected chi connectivity index (χ3v) is 2.66. The van der Waals surface area contributed by atoms with E-state index in [2.05, 4.69) is 12.2 Å². The topological polar surface area (TPSA) is 66.4 Å². The number of hydrogen-bond donors (Lipinski definition) is 2. The molecule has 0 spiro atoms. The van der Waals surface area contributed by atoms with Crippen LogP contribution in [0, 0.1) is 11.8 Å². The van der Waals surface area contributed by atoms with Crippen molar-refractivity contribution in [2.75, 3.05) is 6.54 Å². The predicted octanol–water partition coefficient (Wildman–Crippen LogP) is 2.43. The number of amides is 1. The minimum Gasteiger partial charge on any atom is -0.481 e. The lowest BCUT2D eigenvalue weighted by molar-refractivity contribution is -0.142. The van der Waals surface area contributed by atoms with Gasteiger partial charge in [0.2, 0.25) is 5.91 Å². The monoisotopic (exact) mass is 243 g/mol. The molecule has 100 valence electrons. The average Bonchev–Trinajstić information content (AvgIpc) is 2.23. The predicted molar refractivity (Wildman–Crippen MR) is 67.7 cm³/mol. The lowest BCUT2D eigenvalue weighted by Gasteiger charge is -2.15. The van der Waals surface area contributed by atoms with Gasteiger partial charge in [-0.1, -0.05) is 33.6 Å².